The zero-order chi connectivity index (χ0) is 13.3. The third-order valence-corrected chi connectivity index (χ3v) is 4.56. The maximum absolute atomic E-state index is 12.3. The molecule has 2 N–H and O–H groups in total. The lowest BCUT2D eigenvalue weighted by Gasteiger charge is -2.37. The quantitative estimate of drug-likeness (QED) is 0.717. The molecule has 0 saturated carbocycles. The van der Waals surface area contributed by atoms with E-state index in [0.717, 1.165) is 0 Å². The molecule has 0 aliphatic carbocycles. The lowest BCUT2D eigenvalue weighted by Crippen LogP contribution is -2.53. The van der Waals surface area contributed by atoms with E-state index in [2.05, 4.69) is 0 Å². The van der Waals surface area contributed by atoms with E-state index in [0.29, 0.717) is 31.1 Å². The number of carbonyl (C=O) groups is 2. The van der Waals surface area contributed by atoms with Crippen LogP contribution in [-0.2, 0) is 4.79 Å². The number of carboxylic acid groups (broad SMARTS) is 1. The molecule has 0 aromatic heterocycles. The van der Waals surface area contributed by atoms with Gasteiger partial charge >= 0.3 is 12.0 Å². The molecule has 102 valence electrons. The Hall–Kier alpha value is -0.950. The summed E-state index contributed by atoms with van der Waals surface area (Å²) in [6, 6.07) is -0.934. The molecule has 0 spiro atoms. The van der Waals surface area contributed by atoms with Crippen molar-refractivity contribution in [2.45, 2.75) is 25.5 Å². The molecule has 2 amide bonds. The van der Waals surface area contributed by atoms with Crippen LogP contribution in [0, 0.1) is 5.92 Å². The van der Waals surface area contributed by atoms with Gasteiger partial charge in [-0.3, -0.25) is 0 Å². The maximum atomic E-state index is 12.3. The summed E-state index contributed by atoms with van der Waals surface area (Å²) in [6.45, 7) is 2.89. The molecule has 3 atom stereocenters. The Morgan fingerprint density at radius 2 is 2.11 bits per heavy atom. The van der Waals surface area contributed by atoms with Gasteiger partial charge in [-0.25, -0.2) is 9.59 Å². The number of nitrogens with zero attached hydrogens (tertiary/aromatic N) is 2. The van der Waals surface area contributed by atoms with Gasteiger partial charge in [-0.1, -0.05) is 6.92 Å². The zero-order valence-corrected chi connectivity index (χ0v) is 11.1. The van der Waals surface area contributed by atoms with Crippen LogP contribution in [0.1, 0.15) is 13.3 Å². The van der Waals surface area contributed by atoms with E-state index in [9.17, 15) is 14.7 Å². The van der Waals surface area contributed by atoms with E-state index in [1.807, 2.05) is 6.92 Å². The predicted molar refractivity (Wildman–Crippen MR) is 67.3 cm³/mol. The number of hydrogen-bond acceptors (Lipinski definition) is 4. The molecule has 7 heteroatoms. The number of aliphatic carboxylic acids is 1. The van der Waals surface area contributed by atoms with Gasteiger partial charge in [-0.2, -0.15) is 0 Å². The van der Waals surface area contributed by atoms with Crippen LogP contribution >= 0.6 is 11.8 Å². The fourth-order valence-corrected chi connectivity index (χ4v) is 3.46. The summed E-state index contributed by atoms with van der Waals surface area (Å²) >= 11 is 1.46. The Morgan fingerprint density at radius 3 is 2.72 bits per heavy atom. The molecule has 6 nitrogen and oxygen atoms in total. The molecule has 0 bridgehead atoms. The first kappa shape index (κ1) is 13.5. The van der Waals surface area contributed by atoms with Gasteiger partial charge in [-0.15, -0.1) is 11.8 Å². The largest absolute Gasteiger partial charge is 0.480 e. The van der Waals surface area contributed by atoms with Crippen LogP contribution in [0.2, 0.25) is 0 Å². The van der Waals surface area contributed by atoms with Crippen molar-refractivity contribution in [2.75, 3.05) is 24.7 Å². The number of rotatable bonds is 1. The van der Waals surface area contributed by atoms with Crippen molar-refractivity contribution in [2.24, 2.45) is 5.92 Å². The Morgan fingerprint density at radius 1 is 1.39 bits per heavy atom. The third kappa shape index (κ3) is 2.56. The van der Waals surface area contributed by atoms with E-state index in [1.54, 1.807) is 4.90 Å². The molecule has 2 saturated heterocycles. The van der Waals surface area contributed by atoms with Gasteiger partial charge in [0.25, 0.3) is 0 Å². The van der Waals surface area contributed by atoms with Crippen LogP contribution < -0.4 is 0 Å². The number of amides is 2. The zero-order valence-electron chi connectivity index (χ0n) is 10.3. The number of carbonyl (C=O) groups excluding carboxylic acids is 1. The lowest BCUT2D eigenvalue weighted by atomic mass is 9.97. The summed E-state index contributed by atoms with van der Waals surface area (Å²) in [5.74, 6) is -0.0178. The summed E-state index contributed by atoms with van der Waals surface area (Å²) in [7, 11) is 0. The Bertz CT molecular complexity index is 352. The van der Waals surface area contributed by atoms with Crippen LogP contribution in [0.5, 0.6) is 0 Å². The minimum absolute atomic E-state index is 0.0428. The van der Waals surface area contributed by atoms with Crippen molar-refractivity contribution >= 4 is 23.8 Å². The van der Waals surface area contributed by atoms with Crippen molar-refractivity contribution in [1.82, 2.24) is 9.80 Å². The van der Waals surface area contributed by atoms with Gasteiger partial charge in [0.15, 0.2) is 0 Å². The van der Waals surface area contributed by atoms with Crippen LogP contribution in [0.3, 0.4) is 0 Å². The monoisotopic (exact) mass is 274 g/mol. The molecule has 0 aromatic carbocycles. The van der Waals surface area contributed by atoms with E-state index in [-0.39, 0.29) is 18.1 Å². The SMILES string of the molecule is CC1CN(C(=O)N2CSCC2C(=O)O)CCC1O. The van der Waals surface area contributed by atoms with Crippen molar-refractivity contribution in [1.29, 1.82) is 0 Å². The van der Waals surface area contributed by atoms with Gasteiger partial charge in [0.1, 0.15) is 6.04 Å². The summed E-state index contributed by atoms with van der Waals surface area (Å²) in [5.41, 5.74) is 0. The maximum Gasteiger partial charge on any atom is 0.327 e. The average molecular weight is 274 g/mol. The molecule has 2 heterocycles. The molecule has 2 aliphatic heterocycles. The summed E-state index contributed by atoms with van der Waals surface area (Å²) < 4.78 is 0. The molecule has 2 aliphatic rings. The summed E-state index contributed by atoms with van der Waals surface area (Å²) in [4.78, 5) is 26.4. The Balaban J connectivity index is 2.01. The number of aliphatic hydroxyl groups is 1. The standard InChI is InChI=1S/C11H18N2O4S/c1-7-4-12(3-2-9(7)14)11(17)13-6-18-5-8(13)10(15)16/h7-9,14H,2-6H2,1H3,(H,15,16). The fourth-order valence-electron chi connectivity index (χ4n) is 2.32. The number of likely N-dealkylation sites (tertiary alicyclic amines) is 1. The van der Waals surface area contributed by atoms with E-state index >= 15 is 0 Å². The molecule has 0 radical (unpaired) electrons. The second-order valence-corrected chi connectivity index (χ2v) is 5.89. The summed E-state index contributed by atoms with van der Waals surface area (Å²) in [6.07, 6.45) is 0.198. The van der Waals surface area contributed by atoms with E-state index in [4.69, 9.17) is 5.11 Å². The number of hydrogen-bond donors (Lipinski definition) is 2. The van der Waals surface area contributed by atoms with Crippen LogP contribution in [-0.4, -0.2) is 68.9 Å². The van der Waals surface area contributed by atoms with Crippen molar-refractivity contribution < 1.29 is 19.8 Å². The lowest BCUT2D eigenvalue weighted by molar-refractivity contribution is -0.141. The van der Waals surface area contributed by atoms with Crippen molar-refractivity contribution in [3.63, 3.8) is 0 Å². The first-order chi connectivity index (χ1) is 8.50. The van der Waals surface area contributed by atoms with E-state index < -0.39 is 12.0 Å². The Labute approximate surface area is 110 Å². The minimum atomic E-state index is -0.946. The van der Waals surface area contributed by atoms with Crippen LogP contribution in [0.4, 0.5) is 4.79 Å². The van der Waals surface area contributed by atoms with Gasteiger partial charge in [0.2, 0.25) is 0 Å². The number of carboxylic acids is 1. The molecular formula is C11H18N2O4S. The normalized spacial score (nSPS) is 32.7. The molecule has 0 aromatic rings. The molecule has 2 fully saturated rings. The van der Waals surface area contributed by atoms with Gasteiger partial charge in [-0.05, 0) is 12.3 Å². The predicted octanol–water partition coefficient (Wildman–Crippen LogP) is 0.269. The van der Waals surface area contributed by atoms with Crippen molar-refractivity contribution in [3.8, 4) is 0 Å². The highest BCUT2D eigenvalue weighted by Gasteiger charge is 2.38. The molecule has 2 rings (SSSR count). The number of piperidine rings is 1. The minimum Gasteiger partial charge on any atom is -0.480 e. The van der Waals surface area contributed by atoms with Gasteiger partial charge in [0.05, 0.1) is 12.0 Å². The van der Waals surface area contributed by atoms with Gasteiger partial charge in [0, 0.05) is 18.8 Å². The molecule has 3 unspecified atom stereocenters. The second-order valence-electron chi connectivity index (χ2n) is 4.89. The number of aliphatic hydroxyl groups excluding tert-OH is 1. The fraction of sp³-hybridized carbons (Fsp3) is 0.818. The highest BCUT2D eigenvalue weighted by molar-refractivity contribution is 7.99. The molecular weight excluding hydrogens is 256 g/mol. The third-order valence-electron chi connectivity index (χ3n) is 3.54. The smallest absolute Gasteiger partial charge is 0.327 e. The highest BCUT2D eigenvalue weighted by atomic mass is 32.2. The van der Waals surface area contributed by atoms with Gasteiger partial charge < -0.3 is 20.0 Å². The first-order valence-corrected chi connectivity index (χ1v) is 7.20. The number of thioether (sulfide) groups is 1. The highest BCUT2D eigenvalue weighted by Crippen LogP contribution is 2.25. The van der Waals surface area contributed by atoms with E-state index in [1.165, 1.54) is 16.7 Å². The Kier molecular flexibility index (Phi) is 4.01. The molecule has 18 heavy (non-hydrogen) atoms. The average Bonchev–Trinajstić information content (AvgIpc) is 2.81. The van der Waals surface area contributed by atoms with Crippen LogP contribution in [0.25, 0.3) is 0 Å². The summed E-state index contributed by atoms with van der Waals surface area (Å²) in [5, 5.41) is 18.7. The van der Waals surface area contributed by atoms with Crippen molar-refractivity contribution in [3.05, 3.63) is 0 Å². The van der Waals surface area contributed by atoms with Crippen LogP contribution in [0.15, 0.2) is 0 Å². The number of urea groups is 1. The first-order valence-electron chi connectivity index (χ1n) is 6.05. The topological polar surface area (TPSA) is 81.1 Å². The second kappa shape index (κ2) is 5.36.